The number of hydrogen-bond acceptors (Lipinski definition) is 4. The van der Waals surface area contributed by atoms with Gasteiger partial charge in [-0.25, -0.2) is 15.0 Å². The van der Waals surface area contributed by atoms with Crippen LogP contribution in [-0.4, -0.2) is 19.5 Å². The molecule has 0 aliphatic heterocycles. The van der Waals surface area contributed by atoms with Gasteiger partial charge in [0, 0.05) is 38.8 Å². The van der Waals surface area contributed by atoms with Gasteiger partial charge in [-0.05, 0) is 93.0 Å². The van der Waals surface area contributed by atoms with Crippen LogP contribution in [0.4, 0.5) is 17.1 Å². The Labute approximate surface area is 335 Å². The molecule has 0 bridgehead atoms. The molecule has 11 aromatic rings. The average Bonchev–Trinajstić information content (AvgIpc) is 3.63. The lowest BCUT2D eigenvalue weighted by Crippen LogP contribution is -2.10. The van der Waals surface area contributed by atoms with Crippen molar-refractivity contribution in [3.8, 4) is 39.3 Å². The number of benzene rings is 9. The first-order chi connectivity index (χ1) is 28.7. The van der Waals surface area contributed by atoms with Crippen LogP contribution in [0.5, 0.6) is 0 Å². The monoisotopic (exact) mass is 741 g/mol. The molecule has 2 aromatic heterocycles. The Morgan fingerprint density at radius 3 is 1.72 bits per heavy atom. The molecule has 9 aromatic carbocycles. The van der Waals surface area contributed by atoms with Crippen LogP contribution in [0.1, 0.15) is 0 Å². The highest BCUT2D eigenvalue weighted by Crippen LogP contribution is 2.42. The Morgan fingerprint density at radius 2 is 0.948 bits per heavy atom. The summed E-state index contributed by atoms with van der Waals surface area (Å²) in [5.74, 6) is 0.656. The minimum atomic E-state index is 0.656. The highest BCUT2D eigenvalue weighted by molar-refractivity contribution is 6.11. The second-order valence-electron chi connectivity index (χ2n) is 14.6. The molecule has 11 rings (SSSR count). The van der Waals surface area contributed by atoms with Crippen molar-refractivity contribution in [1.82, 2.24) is 19.5 Å². The zero-order valence-electron chi connectivity index (χ0n) is 31.4. The summed E-state index contributed by atoms with van der Waals surface area (Å²) in [4.78, 5) is 15.3. The number of nitrogens with zero attached hydrogens (tertiary/aromatic N) is 5. The van der Waals surface area contributed by atoms with Crippen molar-refractivity contribution >= 4 is 60.4 Å². The number of para-hydroxylation sites is 1. The van der Waals surface area contributed by atoms with Crippen molar-refractivity contribution < 1.29 is 0 Å². The maximum atomic E-state index is 4.42. The molecule has 0 radical (unpaired) electrons. The largest absolute Gasteiger partial charge is 0.310 e. The van der Waals surface area contributed by atoms with E-state index in [0.29, 0.717) is 5.82 Å². The van der Waals surface area contributed by atoms with Crippen LogP contribution in [-0.2, 0) is 0 Å². The first kappa shape index (κ1) is 33.4. The number of rotatable bonds is 7. The summed E-state index contributed by atoms with van der Waals surface area (Å²) in [5.41, 5.74) is 12.3. The van der Waals surface area contributed by atoms with Gasteiger partial charge in [0.25, 0.3) is 0 Å². The number of fused-ring (bicyclic) bond motifs is 5. The summed E-state index contributed by atoms with van der Waals surface area (Å²) < 4.78 is 2.34. The van der Waals surface area contributed by atoms with Crippen LogP contribution in [0, 0.1) is 0 Å². The molecule has 5 heteroatoms. The van der Waals surface area contributed by atoms with Crippen LogP contribution in [0.25, 0.3) is 82.7 Å². The van der Waals surface area contributed by atoms with Crippen LogP contribution in [0.2, 0.25) is 0 Å². The summed E-state index contributed by atoms with van der Waals surface area (Å²) in [6.07, 6.45) is 3.08. The van der Waals surface area contributed by atoms with Crippen molar-refractivity contribution in [3.63, 3.8) is 0 Å². The Balaban J connectivity index is 0.990. The second kappa shape index (κ2) is 14.0. The van der Waals surface area contributed by atoms with Gasteiger partial charge < -0.3 is 9.47 Å². The molecular weight excluding hydrogens is 707 g/mol. The van der Waals surface area contributed by atoms with Crippen molar-refractivity contribution in [2.24, 2.45) is 0 Å². The van der Waals surface area contributed by atoms with Gasteiger partial charge in [0.05, 0.1) is 16.7 Å². The molecule has 0 atom stereocenters. The van der Waals surface area contributed by atoms with Gasteiger partial charge in [-0.3, -0.25) is 0 Å². The maximum absolute atomic E-state index is 4.42. The molecule has 272 valence electrons. The molecule has 0 spiro atoms. The number of aromatic nitrogens is 4. The molecule has 0 fully saturated rings. The fraction of sp³-hybridized carbons (Fsp3) is 0. The van der Waals surface area contributed by atoms with Gasteiger partial charge in [0.2, 0.25) is 0 Å². The van der Waals surface area contributed by atoms with E-state index in [9.17, 15) is 0 Å². The fourth-order valence-corrected chi connectivity index (χ4v) is 8.41. The Bertz CT molecular complexity index is 3280. The predicted octanol–water partition coefficient (Wildman–Crippen LogP) is 13.7. The first-order valence-corrected chi connectivity index (χ1v) is 19.5. The van der Waals surface area contributed by atoms with E-state index in [1.165, 1.54) is 32.3 Å². The Kier molecular flexibility index (Phi) is 8.07. The number of hydrogen-bond donors (Lipinski definition) is 0. The fourth-order valence-electron chi connectivity index (χ4n) is 8.41. The average molecular weight is 742 g/mol. The van der Waals surface area contributed by atoms with Gasteiger partial charge >= 0.3 is 0 Å². The molecular formula is C53H35N5. The lowest BCUT2D eigenvalue weighted by atomic mass is 9.98. The van der Waals surface area contributed by atoms with E-state index >= 15 is 0 Å². The third-order valence-corrected chi connectivity index (χ3v) is 11.2. The van der Waals surface area contributed by atoms with E-state index in [4.69, 9.17) is 0 Å². The zero-order valence-corrected chi connectivity index (χ0v) is 31.4. The molecule has 0 unspecified atom stereocenters. The summed E-state index contributed by atoms with van der Waals surface area (Å²) in [6.45, 7) is 0. The minimum absolute atomic E-state index is 0.656. The molecule has 0 aliphatic carbocycles. The lowest BCUT2D eigenvalue weighted by Gasteiger charge is -2.27. The molecule has 0 N–H and O–H groups in total. The van der Waals surface area contributed by atoms with Crippen molar-refractivity contribution in [2.45, 2.75) is 0 Å². The van der Waals surface area contributed by atoms with Gasteiger partial charge in [-0.2, -0.15) is 0 Å². The topological polar surface area (TPSA) is 46.8 Å². The summed E-state index contributed by atoms with van der Waals surface area (Å²) in [7, 11) is 0. The molecule has 0 aliphatic rings. The van der Waals surface area contributed by atoms with E-state index in [1.807, 2.05) is 0 Å². The second-order valence-corrected chi connectivity index (χ2v) is 14.6. The number of anilines is 3. The van der Waals surface area contributed by atoms with Gasteiger partial charge in [0.15, 0.2) is 5.82 Å². The minimum Gasteiger partial charge on any atom is -0.310 e. The summed E-state index contributed by atoms with van der Waals surface area (Å²) >= 11 is 0. The predicted molar refractivity (Wildman–Crippen MR) is 240 cm³/mol. The maximum Gasteiger partial charge on any atom is 0.162 e. The molecule has 58 heavy (non-hydrogen) atoms. The van der Waals surface area contributed by atoms with Crippen LogP contribution >= 0.6 is 0 Å². The Hall–Kier alpha value is -7.89. The van der Waals surface area contributed by atoms with E-state index in [0.717, 1.165) is 61.6 Å². The highest BCUT2D eigenvalue weighted by Gasteiger charge is 2.18. The smallest absolute Gasteiger partial charge is 0.162 e. The molecule has 0 amide bonds. The van der Waals surface area contributed by atoms with Crippen molar-refractivity contribution in [1.29, 1.82) is 0 Å². The molecule has 0 saturated carbocycles. The van der Waals surface area contributed by atoms with Crippen molar-refractivity contribution in [2.75, 3.05) is 4.90 Å². The summed E-state index contributed by atoms with van der Waals surface area (Å²) in [6, 6.07) is 72.1. The Morgan fingerprint density at radius 1 is 0.362 bits per heavy atom. The van der Waals surface area contributed by atoms with Crippen LogP contribution in [0.3, 0.4) is 0 Å². The van der Waals surface area contributed by atoms with Gasteiger partial charge in [0.1, 0.15) is 12.7 Å². The lowest BCUT2D eigenvalue weighted by molar-refractivity contribution is 1.06. The molecule has 2 heterocycles. The SMILES string of the molecule is c1ccc(-n2c3cc(-c4ccc(-c5cccc(N(c6ccc7ccccc7c6)c6cccc7ccccc67)c5)cc4)ccc3c3ccc(-c4ncncn4)cc32)cc1. The molecule has 0 saturated heterocycles. The van der Waals surface area contributed by atoms with Gasteiger partial charge in [-0.15, -0.1) is 0 Å². The zero-order chi connectivity index (χ0) is 38.4. The molecule has 5 nitrogen and oxygen atoms in total. The summed E-state index contributed by atoms with van der Waals surface area (Å²) in [5, 5.41) is 7.23. The quantitative estimate of drug-likeness (QED) is 0.163. The third kappa shape index (κ3) is 5.85. The van der Waals surface area contributed by atoms with Crippen LogP contribution < -0.4 is 4.90 Å². The first-order valence-electron chi connectivity index (χ1n) is 19.5. The van der Waals surface area contributed by atoms with E-state index in [1.54, 1.807) is 12.7 Å². The van der Waals surface area contributed by atoms with Crippen molar-refractivity contribution in [3.05, 3.63) is 213 Å². The highest BCUT2D eigenvalue weighted by atomic mass is 15.1. The standard InChI is InChI=1S/C53H35N5/c1-2-15-44(16-3-1)58-51-32-42(25-28-48(51)49-29-26-43(33-52(49)58)53-55-34-54-35-56-53)38-22-20-37(21-23-38)41-14-8-17-45(30-41)57(46-27-24-36-10-4-5-12-40(36)31-46)50-19-9-13-39-11-6-7-18-47(39)50/h1-35H. The third-order valence-electron chi connectivity index (χ3n) is 11.2. The normalized spacial score (nSPS) is 11.4. The van der Waals surface area contributed by atoms with Crippen LogP contribution in [0.15, 0.2) is 213 Å². The van der Waals surface area contributed by atoms with Gasteiger partial charge in [-0.1, -0.05) is 146 Å². The van der Waals surface area contributed by atoms with E-state index < -0.39 is 0 Å². The van der Waals surface area contributed by atoms with E-state index in [-0.39, 0.29) is 0 Å². The van der Waals surface area contributed by atoms with E-state index in [2.05, 4.69) is 225 Å².